The molecule has 0 atom stereocenters. The number of anilines is 1. The first-order valence-corrected chi connectivity index (χ1v) is 7.22. The van der Waals surface area contributed by atoms with Gasteiger partial charge in [0.1, 0.15) is 12.4 Å². The summed E-state index contributed by atoms with van der Waals surface area (Å²) in [5.41, 5.74) is 7.14. The molecular formula is C13H9BrCl3NO. The lowest BCUT2D eigenvalue weighted by Gasteiger charge is -2.12. The largest absolute Gasteiger partial charge is 0.487 e. The molecule has 0 unspecified atom stereocenters. The molecule has 6 heteroatoms. The fraction of sp³-hybridized carbons (Fsp3) is 0.0769. The fourth-order valence-electron chi connectivity index (χ4n) is 1.49. The van der Waals surface area contributed by atoms with Gasteiger partial charge in [0.25, 0.3) is 0 Å². The van der Waals surface area contributed by atoms with Gasteiger partial charge in [-0.2, -0.15) is 0 Å². The Morgan fingerprint density at radius 3 is 2.47 bits per heavy atom. The summed E-state index contributed by atoms with van der Waals surface area (Å²) in [6.07, 6.45) is 0. The lowest BCUT2D eigenvalue weighted by molar-refractivity contribution is 0.307. The van der Waals surface area contributed by atoms with E-state index in [1.807, 2.05) is 0 Å². The summed E-state index contributed by atoms with van der Waals surface area (Å²) in [6.45, 7) is 0.225. The third-order valence-corrected chi connectivity index (χ3v) is 4.35. The van der Waals surface area contributed by atoms with E-state index in [2.05, 4.69) is 15.9 Å². The molecule has 0 aliphatic heterocycles. The second-order valence-corrected chi connectivity index (χ2v) is 5.87. The first-order chi connectivity index (χ1) is 8.99. The molecule has 0 saturated heterocycles. The summed E-state index contributed by atoms with van der Waals surface area (Å²) in [5.74, 6) is 0.481. The van der Waals surface area contributed by atoms with Crippen LogP contribution >= 0.6 is 50.7 Å². The van der Waals surface area contributed by atoms with Crippen LogP contribution in [0, 0.1) is 0 Å². The van der Waals surface area contributed by atoms with E-state index in [0.717, 1.165) is 5.56 Å². The number of hydrogen-bond donors (Lipinski definition) is 1. The minimum atomic E-state index is 0.225. The van der Waals surface area contributed by atoms with Gasteiger partial charge in [-0.25, -0.2) is 0 Å². The molecule has 100 valence electrons. The highest BCUT2D eigenvalue weighted by Crippen LogP contribution is 2.35. The minimum Gasteiger partial charge on any atom is -0.487 e. The SMILES string of the molecule is Nc1cccc(Cl)c1COc1cc(Cl)c(Br)cc1Cl. The van der Waals surface area contributed by atoms with E-state index in [1.165, 1.54) is 0 Å². The number of ether oxygens (including phenoxy) is 1. The van der Waals surface area contributed by atoms with Crippen LogP contribution in [-0.2, 0) is 6.61 Å². The van der Waals surface area contributed by atoms with Crippen molar-refractivity contribution in [2.24, 2.45) is 0 Å². The van der Waals surface area contributed by atoms with E-state index in [9.17, 15) is 0 Å². The van der Waals surface area contributed by atoms with Gasteiger partial charge in [-0.1, -0.05) is 40.9 Å². The Kier molecular flexibility index (Phi) is 4.85. The fourth-order valence-corrected chi connectivity index (χ4v) is 2.58. The van der Waals surface area contributed by atoms with E-state index in [0.29, 0.717) is 31.0 Å². The number of benzene rings is 2. The summed E-state index contributed by atoms with van der Waals surface area (Å²) in [6, 6.07) is 8.62. The average molecular weight is 381 g/mol. The molecule has 0 spiro atoms. The van der Waals surface area contributed by atoms with Crippen LogP contribution in [0.5, 0.6) is 5.75 Å². The Labute approximate surface area is 134 Å². The first kappa shape index (κ1) is 14.8. The molecule has 2 nitrogen and oxygen atoms in total. The Morgan fingerprint density at radius 2 is 1.79 bits per heavy atom. The minimum absolute atomic E-state index is 0.225. The van der Waals surface area contributed by atoms with Crippen LogP contribution in [0.1, 0.15) is 5.56 Å². The van der Waals surface area contributed by atoms with Crippen molar-refractivity contribution < 1.29 is 4.74 Å². The van der Waals surface area contributed by atoms with Gasteiger partial charge in [0, 0.05) is 26.8 Å². The monoisotopic (exact) mass is 379 g/mol. The topological polar surface area (TPSA) is 35.2 Å². The van der Waals surface area contributed by atoms with Crippen LogP contribution < -0.4 is 10.5 Å². The third-order valence-electron chi connectivity index (χ3n) is 2.50. The van der Waals surface area contributed by atoms with Crippen LogP contribution in [0.2, 0.25) is 15.1 Å². The number of halogens is 4. The van der Waals surface area contributed by atoms with E-state index in [4.69, 9.17) is 45.3 Å². The van der Waals surface area contributed by atoms with Crippen LogP contribution in [0.15, 0.2) is 34.8 Å². The van der Waals surface area contributed by atoms with Crippen molar-refractivity contribution in [1.82, 2.24) is 0 Å². The summed E-state index contributed by atoms with van der Waals surface area (Å²) < 4.78 is 6.33. The normalized spacial score (nSPS) is 10.5. The van der Waals surface area contributed by atoms with Crippen LogP contribution in [0.25, 0.3) is 0 Å². The molecular weight excluding hydrogens is 372 g/mol. The predicted octanol–water partition coefficient (Wildman–Crippen LogP) is 5.57. The van der Waals surface area contributed by atoms with Crippen LogP contribution in [0.3, 0.4) is 0 Å². The summed E-state index contributed by atoms with van der Waals surface area (Å²) in [5, 5.41) is 1.53. The summed E-state index contributed by atoms with van der Waals surface area (Å²) in [7, 11) is 0. The van der Waals surface area contributed by atoms with Crippen LogP contribution in [0.4, 0.5) is 5.69 Å². The molecule has 0 saturated carbocycles. The molecule has 0 aliphatic carbocycles. The average Bonchev–Trinajstić information content (AvgIpc) is 2.34. The molecule has 2 rings (SSSR count). The molecule has 2 N–H and O–H groups in total. The van der Waals surface area contributed by atoms with Gasteiger partial charge in [-0.3, -0.25) is 0 Å². The molecule has 0 amide bonds. The maximum atomic E-state index is 6.07. The number of rotatable bonds is 3. The lowest BCUT2D eigenvalue weighted by atomic mass is 10.2. The van der Waals surface area contributed by atoms with Crippen molar-refractivity contribution in [3.8, 4) is 5.75 Å². The predicted molar refractivity (Wildman–Crippen MR) is 84.4 cm³/mol. The van der Waals surface area contributed by atoms with Gasteiger partial charge in [-0.15, -0.1) is 0 Å². The van der Waals surface area contributed by atoms with E-state index in [1.54, 1.807) is 30.3 Å². The van der Waals surface area contributed by atoms with Crippen molar-refractivity contribution in [3.05, 3.63) is 55.4 Å². The van der Waals surface area contributed by atoms with Crippen molar-refractivity contribution in [3.63, 3.8) is 0 Å². The van der Waals surface area contributed by atoms with E-state index < -0.39 is 0 Å². The standard InChI is InChI=1S/C13H9BrCl3NO/c14-8-4-11(17)13(5-10(8)16)19-6-7-9(15)2-1-3-12(7)18/h1-5H,6,18H2. The van der Waals surface area contributed by atoms with Gasteiger partial charge in [0.05, 0.1) is 10.0 Å². The van der Waals surface area contributed by atoms with E-state index >= 15 is 0 Å². The Balaban J connectivity index is 2.22. The quantitative estimate of drug-likeness (QED) is 0.557. The first-order valence-electron chi connectivity index (χ1n) is 5.29. The molecule has 19 heavy (non-hydrogen) atoms. The number of nitrogen functional groups attached to an aromatic ring is 1. The van der Waals surface area contributed by atoms with Gasteiger partial charge in [0.15, 0.2) is 0 Å². The highest BCUT2D eigenvalue weighted by molar-refractivity contribution is 9.10. The van der Waals surface area contributed by atoms with Crippen LogP contribution in [-0.4, -0.2) is 0 Å². The second-order valence-electron chi connectivity index (χ2n) is 3.79. The van der Waals surface area contributed by atoms with Gasteiger partial charge >= 0.3 is 0 Å². The van der Waals surface area contributed by atoms with Crippen molar-refractivity contribution in [2.75, 3.05) is 5.73 Å². The van der Waals surface area contributed by atoms with E-state index in [-0.39, 0.29) is 6.61 Å². The molecule has 0 heterocycles. The summed E-state index contributed by atoms with van der Waals surface area (Å²) >= 11 is 21.4. The second kappa shape index (κ2) is 6.23. The maximum absolute atomic E-state index is 6.07. The highest BCUT2D eigenvalue weighted by atomic mass is 79.9. The zero-order valence-corrected chi connectivity index (χ0v) is 13.4. The van der Waals surface area contributed by atoms with Gasteiger partial charge in [0.2, 0.25) is 0 Å². The number of hydrogen-bond acceptors (Lipinski definition) is 2. The summed E-state index contributed by atoms with van der Waals surface area (Å²) in [4.78, 5) is 0. The Hall–Kier alpha value is -0.610. The van der Waals surface area contributed by atoms with Crippen molar-refractivity contribution in [2.45, 2.75) is 6.61 Å². The van der Waals surface area contributed by atoms with Crippen molar-refractivity contribution >= 4 is 56.4 Å². The van der Waals surface area contributed by atoms with Gasteiger partial charge < -0.3 is 10.5 Å². The zero-order chi connectivity index (χ0) is 14.0. The highest BCUT2D eigenvalue weighted by Gasteiger charge is 2.10. The maximum Gasteiger partial charge on any atom is 0.139 e. The third kappa shape index (κ3) is 3.48. The molecule has 0 aliphatic rings. The molecule has 0 aromatic heterocycles. The number of nitrogens with two attached hydrogens (primary N) is 1. The smallest absolute Gasteiger partial charge is 0.139 e. The molecule has 0 fully saturated rings. The molecule has 2 aromatic rings. The zero-order valence-electron chi connectivity index (χ0n) is 9.59. The van der Waals surface area contributed by atoms with Crippen molar-refractivity contribution in [1.29, 1.82) is 0 Å². The Bertz CT molecular complexity index is 599. The molecule has 0 bridgehead atoms. The molecule has 0 radical (unpaired) electrons. The Morgan fingerprint density at radius 1 is 1.05 bits per heavy atom. The van der Waals surface area contributed by atoms with Gasteiger partial charge in [-0.05, 0) is 34.1 Å². The lowest BCUT2D eigenvalue weighted by Crippen LogP contribution is -2.01. The molecule has 2 aromatic carbocycles.